The lowest BCUT2D eigenvalue weighted by Crippen LogP contribution is -2.60. The number of likely N-dealkylation sites (tertiary alicyclic amines) is 1. The van der Waals surface area contributed by atoms with Gasteiger partial charge in [0.05, 0.1) is 48.7 Å². The predicted octanol–water partition coefficient (Wildman–Crippen LogP) is 6.61. The zero-order valence-corrected chi connectivity index (χ0v) is 44.8. The fourth-order valence-corrected chi connectivity index (χ4v) is 10.2. The number of hydrogen-bond donors (Lipinski definition) is 2. The van der Waals surface area contributed by atoms with Gasteiger partial charge < -0.3 is 34.7 Å². The SMILES string of the molecule is CC[C@H](C)[C@@H]([C@@H](CC(=O)N1CCC[C@H]1[C@H](OC)[C@@H](C)C(=O)N[C@H](C=Cc1ccccc1)Cc1ccccc1)OC)N(C)C(=O)[C@@H](NC(=O)[C@H](C(C)C)N(C)CCCCCC(=O)ON1C(=O)CCC1=O)C(C)C. The molecular formula is C56H84N6O10. The van der Waals surface area contributed by atoms with E-state index in [1.54, 1.807) is 26.2 Å². The minimum atomic E-state index is -0.864. The first-order valence-corrected chi connectivity index (χ1v) is 26.1. The summed E-state index contributed by atoms with van der Waals surface area (Å²) in [4.78, 5) is 104. The molecule has 0 spiro atoms. The van der Waals surface area contributed by atoms with E-state index < -0.39 is 54.0 Å². The number of unbranched alkanes of at least 4 members (excludes halogenated alkanes) is 2. The number of hydroxylamine groups is 2. The number of hydrogen-bond acceptors (Lipinski definition) is 11. The number of carbonyl (C=O) groups excluding carboxylic acids is 7. The van der Waals surface area contributed by atoms with E-state index >= 15 is 0 Å². The topological polar surface area (TPSA) is 184 Å². The van der Waals surface area contributed by atoms with E-state index in [9.17, 15) is 33.6 Å². The second-order valence-corrected chi connectivity index (χ2v) is 20.4. The molecule has 72 heavy (non-hydrogen) atoms. The Morgan fingerprint density at radius 2 is 1.44 bits per heavy atom. The van der Waals surface area contributed by atoms with Crippen LogP contribution in [0.4, 0.5) is 0 Å². The zero-order chi connectivity index (χ0) is 53.1. The molecule has 2 aromatic carbocycles. The van der Waals surface area contributed by atoms with Crippen LogP contribution < -0.4 is 10.6 Å². The maximum absolute atomic E-state index is 14.7. The monoisotopic (exact) mass is 1000 g/mol. The molecular weight excluding hydrogens is 917 g/mol. The number of methoxy groups -OCH3 is 2. The Balaban J connectivity index is 1.40. The second-order valence-electron chi connectivity index (χ2n) is 20.4. The van der Waals surface area contributed by atoms with Crippen molar-refractivity contribution in [3.63, 3.8) is 0 Å². The Labute approximate surface area is 428 Å². The van der Waals surface area contributed by atoms with Crippen LogP contribution in [0.1, 0.15) is 124 Å². The molecule has 2 saturated heterocycles. The summed E-state index contributed by atoms with van der Waals surface area (Å²) in [6.07, 6.45) is 7.42. The fraction of sp³-hybridized carbons (Fsp3) is 0.625. The molecule has 16 heteroatoms. The summed E-state index contributed by atoms with van der Waals surface area (Å²) in [7, 11) is 6.74. The Bertz CT molecular complexity index is 2090. The average Bonchev–Trinajstić information content (AvgIpc) is 3.97. The molecule has 4 rings (SSSR count). The van der Waals surface area contributed by atoms with Crippen molar-refractivity contribution in [3.05, 3.63) is 77.9 Å². The van der Waals surface area contributed by atoms with Crippen LogP contribution in [0.15, 0.2) is 66.7 Å². The lowest BCUT2D eigenvalue weighted by molar-refractivity contribution is -0.197. The Morgan fingerprint density at radius 3 is 2.03 bits per heavy atom. The maximum atomic E-state index is 14.7. The molecule has 9 atom stereocenters. The van der Waals surface area contributed by atoms with Gasteiger partial charge in [-0.25, -0.2) is 4.79 Å². The average molecular weight is 1000 g/mol. The highest BCUT2D eigenvalue weighted by atomic mass is 16.7. The molecule has 2 heterocycles. The zero-order valence-electron chi connectivity index (χ0n) is 44.8. The molecule has 0 aliphatic carbocycles. The van der Waals surface area contributed by atoms with Crippen LogP contribution >= 0.6 is 0 Å². The number of carbonyl (C=O) groups is 7. The highest BCUT2D eigenvalue weighted by Gasteiger charge is 2.43. The number of nitrogens with one attached hydrogen (secondary N) is 2. The summed E-state index contributed by atoms with van der Waals surface area (Å²) in [6.45, 7) is 14.7. The molecule has 0 bridgehead atoms. The first kappa shape index (κ1) is 59.1. The molecule has 2 aromatic rings. The van der Waals surface area contributed by atoms with Crippen molar-refractivity contribution in [3.8, 4) is 0 Å². The highest BCUT2D eigenvalue weighted by molar-refractivity contribution is 6.01. The van der Waals surface area contributed by atoms with Crippen molar-refractivity contribution < 1.29 is 47.9 Å². The third kappa shape index (κ3) is 16.8. The molecule has 2 aliphatic rings. The molecule has 0 saturated carbocycles. The van der Waals surface area contributed by atoms with Crippen LogP contribution in [-0.4, -0.2) is 145 Å². The summed E-state index contributed by atoms with van der Waals surface area (Å²) < 4.78 is 12.2. The van der Waals surface area contributed by atoms with Crippen LogP contribution in [-0.2, 0) is 54.3 Å². The van der Waals surface area contributed by atoms with Gasteiger partial charge in [-0.05, 0) is 74.6 Å². The van der Waals surface area contributed by atoms with Gasteiger partial charge in [0.15, 0.2) is 0 Å². The number of ether oxygens (including phenoxy) is 2. The van der Waals surface area contributed by atoms with Crippen molar-refractivity contribution in [2.45, 2.75) is 162 Å². The molecule has 0 radical (unpaired) electrons. The minimum Gasteiger partial charge on any atom is -0.379 e. The van der Waals surface area contributed by atoms with Gasteiger partial charge in [-0.15, -0.1) is 5.06 Å². The van der Waals surface area contributed by atoms with Gasteiger partial charge in [0, 0.05) is 47.1 Å². The van der Waals surface area contributed by atoms with E-state index in [0.29, 0.717) is 56.7 Å². The molecule has 0 unspecified atom stereocenters. The standard InChI is InChI=1S/C56H84N6O10/c1-12-39(6)52(60(9)56(69)50(37(2)3)58-55(68)51(38(4)5)59(8)33-21-15-20-28-49(66)72-62-46(63)31-32-47(62)64)45(70-10)36-48(65)61-34-22-27-44(61)53(71-11)40(7)54(67)57-43(35-42-25-18-14-19-26-42)30-29-41-23-16-13-17-24-41/h13-14,16-19,23-26,29-30,37-40,43-45,50-53H,12,15,20-22,27-28,31-36H2,1-11H3,(H,57,67)(H,58,68)/t39-,40+,43+,44-,45+,50-,51-,52-,53+/m0/s1. The van der Waals surface area contributed by atoms with Crippen molar-refractivity contribution in [2.24, 2.45) is 23.7 Å². The van der Waals surface area contributed by atoms with Gasteiger partial charge in [-0.3, -0.25) is 33.7 Å². The van der Waals surface area contributed by atoms with Crippen LogP contribution in [0.2, 0.25) is 0 Å². The van der Waals surface area contributed by atoms with E-state index in [4.69, 9.17) is 14.3 Å². The number of amides is 6. The largest absolute Gasteiger partial charge is 0.379 e. The molecule has 16 nitrogen and oxygen atoms in total. The highest BCUT2D eigenvalue weighted by Crippen LogP contribution is 2.30. The van der Waals surface area contributed by atoms with E-state index in [2.05, 4.69) is 10.6 Å². The van der Waals surface area contributed by atoms with E-state index in [-0.39, 0.29) is 79.1 Å². The number of benzene rings is 2. The normalized spacial score (nSPS) is 18.5. The van der Waals surface area contributed by atoms with Crippen LogP contribution in [0.25, 0.3) is 6.08 Å². The fourth-order valence-electron chi connectivity index (χ4n) is 10.2. The van der Waals surface area contributed by atoms with Crippen molar-refractivity contribution in [2.75, 3.05) is 41.4 Å². The Morgan fingerprint density at radius 1 is 0.806 bits per heavy atom. The van der Waals surface area contributed by atoms with Gasteiger partial charge in [0.1, 0.15) is 6.04 Å². The molecule has 2 N–H and O–H groups in total. The van der Waals surface area contributed by atoms with Gasteiger partial charge in [0.2, 0.25) is 23.6 Å². The predicted molar refractivity (Wildman–Crippen MR) is 277 cm³/mol. The molecule has 0 aromatic heterocycles. The minimum absolute atomic E-state index is 0.00201. The summed E-state index contributed by atoms with van der Waals surface area (Å²) in [5.74, 6) is -3.57. The lowest BCUT2D eigenvalue weighted by Gasteiger charge is -2.41. The summed E-state index contributed by atoms with van der Waals surface area (Å²) >= 11 is 0. The Kier molecular flexibility index (Phi) is 24.1. The summed E-state index contributed by atoms with van der Waals surface area (Å²) in [5, 5.41) is 6.91. The van der Waals surface area contributed by atoms with Gasteiger partial charge in [0.25, 0.3) is 11.8 Å². The van der Waals surface area contributed by atoms with E-state index in [1.165, 1.54) is 0 Å². The number of nitrogens with zero attached hydrogens (tertiary/aromatic N) is 4. The van der Waals surface area contributed by atoms with Crippen molar-refractivity contribution in [1.82, 2.24) is 30.4 Å². The second kappa shape index (κ2) is 29.3. The third-order valence-corrected chi connectivity index (χ3v) is 14.4. The van der Waals surface area contributed by atoms with Crippen LogP contribution in [0.5, 0.6) is 0 Å². The van der Waals surface area contributed by atoms with Gasteiger partial charge in [-0.2, -0.15) is 0 Å². The van der Waals surface area contributed by atoms with E-state index in [1.807, 2.05) is 138 Å². The van der Waals surface area contributed by atoms with Crippen LogP contribution in [0.3, 0.4) is 0 Å². The third-order valence-electron chi connectivity index (χ3n) is 14.4. The number of imide groups is 1. The summed E-state index contributed by atoms with van der Waals surface area (Å²) in [5.41, 5.74) is 2.12. The first-order valence-electron chi connectivity index (χ1n) is 26.1. The smallest absolute Gasteiger partial charge is 0.333 e. The van der Waals surface area contributed by atoms with Gasteiger partial charge in [-0.1, -0.05) is 134 Å². The van der Waals surface area contributed by atoms with E-state index in [0.717, 1.165) is 17.5 Å². The molecule has 6 amide bonds. The van der Waals surface area contributed by atoms with Crippen molar-refractivity contribution >= 4 is 47.5 Å². The maximum Gasteiger partial charge on any atom is 0.333 e. The quantitative estimate of drug-likeness (QED) is 0.0661. The van der Waals surface area contributed by atoms with Crippen molar-refractivity contribution in [1.29, 1.82) is 0 Å². The first-order chi connectivity index (χ1) is 34.3. The van der Waals surface area contributed by atoms with Crippen LogP contribution in [0, 0.1) is 23.7 Å². The van der Waals surface area contributed by atoms with Gasteiger partial charge >= 0.3 is 5.97 Å². The molecule has 398 valence electrons. The number of likely N-dealkylation sites (N-methyl/N-ethyl adjacent to an activating group) is 2. The summed E-state index contributed by atoms with van der Waals surface area (Å²) in [6, 6.07) is 17.4. The number of rotatable bonds is 29. The lowest BCUT2D eigenvalue weighted by atomic mass is 9.89. The Hall–Kier alpha value is -5.45. The molecule has 2 aliphatic heterocycles. The molecule has 2 fully saturated rings.